The first-order chi connectivity index (χ1) is 7.97. The standard InChI is InChI=1S/C13H18BrFO2/c1-4-17-13(8(2)3)12(16)10-7-9(14)5-6-11(10)15/h5-8,12-13,16H,4H2,1-3H3. The maximum absolute atomic E-state index is 13.6. The van der Waals surface area contributed by atoms with E-state index in [-0.39, 0.29) is 11.5 Å². The van der Waals surface area contributed by atoms with Gasteiger partial charge in [-0.15, -0.1) is 0 Å². The Morgan fingerprint density at radius 1 is 1.41 bits per heavy atom. The lowest BCUT2D eigenvalue weighted by atomic mass is 9.95. The second-order valence-corrected chi connectivity index (χ2v) is 5.19. The van der Waals surface area contributed by atoms with Crippen LogP contribution in [0.15, 0.2) is 22.7 Å². The smallest absolute Gasteiger partial charge is 0.129 e. The maximum Gasteiger partial charge on any atom is 0.129 e. The SMILES string of the molecule is CCOC(C(C)C)C(O)c1cc(Br)ccc1F. The van der Waals surface area contributed by atoms with Crippen LogP contribution < -0.4 is 0 Å². The fraction of sp³-hybridized carbons (Fsp3) is 0.538. The van der Waals surface area contributed by atoms with Crippen LogP contribution in [0.2, 0.25) is 0 Å². The molecule has 0 aromatic heterocycles. The summed E-state index contributed by atoms with van der Waals surface area (Å²) < 4.78 is 19.9. The molecule has 0 saturated heterocycles. The number of hydrogen-bond acceptors (Lipinski definition) is 2. The number of ether oxygens (including phenoxy) is 1. The van der Waals surface area contributed by atoms with Gasteiger partial charge in [-0.25, -0.2) is 4.39 Å². The minimum absolute atomic E-state index is 0.114. The highest BCUT2D eigenvalue weighted by Crippen LogP contribution is 2.28. The third-order valence-corrected chi connectivity index (χ3v) is 3.10. The lowest BCUT2D eigenvalue weighted by Crippen LogP contribution is -2.28. The highest BCUT2D eigenvalue weighted by molar-refractivity contribution is 9.10. The van der Waals surface area contributed by atoms with Gasteiger partial charge in [0, 0.05) is 16.6 Å². The van der Waals surface area contributed by atoms with Crippen LogP contribution in [0, 0.1) is 11.7 Å². The van der Waals surface area contributed by atoms with Gasteiger partial charge in [0.1, 0.15) is 11.9 Å². The first-order valence-electron chi connectivity index (χ1n) is 5.72. The van der Waals surface area contributed by atoms with Crippen LogP contribution in [0.25, 0.3) is 0 Å². The van der Waals surface area contributed by atoms with Gasteiger partial charge < -0.3 is 9.84 Å². The van der Waals surface area contributed by atoms with Gasteiger partial charge in [0.05, 0.1) is 6.10 Å². The summed E-state index contributed by atoms with van der Waals surface area (Å²) in [4.78, 5) is 0. The molecule has 1 N–H and O–H groups in total. The quantitative estimate of drug-likeness (QED) is 0.899. The van der Waals surface area contributed by atoms with E-state index in [4.69, 9.17) is 4.74 Å². The van der Waals surface area contributed by atoms with Gasteiger partial charge in [0.2, 0.25) is 0 Å². The van der Waals surface area contributed by atoms with Gasteiger partial charge in [-0.3, -0.25) is 0 Å². The van der Waals surface area contributed by atoms with Crippen molar-refractivity contribution in [3.8, 4) is 0 Å². The molecule has 1 rings (SSSR count). The second kappa shape index (κ2) is 6.47. The first-order valence-corrected chi connectivity index (χ1v) is 6.51. The van der Waals surface area contributed by atoms with Crippen LogP contribution in [-0.4, -0.2) is 17.8 Å². The van der Waals surface area contributed by atoms with Crippen LogP contribution in [0.4, 0.5) is 4.39 Å². The minimum Gasteiger partial charge on any atom is -0.386 e. The Bertz CT molecular complexity index is 368. The van der Waals surface area contributed by atoms with Crippen molar-refractivity contribution in [1.82, 2.24) is 0 Å². The third kappa shape index (κ3) is 3.76. The van der Waals surface area contributed by atoms with Crippen molar-refractivity contribution in [2.24, 2.45) is 5.92 Å². The van der Waals surface area contributed by atoms with E-state index in [1.807, 2.05) is 20.8 Å². The fourth-order valence-corrected chi connectivity index (χ4v) is 2.14. The molecule has 0 fully saturated rings. The van der Waals surface area contributed by atoms with E-state index in [9.17, 15) is 9.50 Å². The molecule has 0 saturated carbocycles. The van der Waals surface area contributed by atoms with E-state index < -0.39 is 18.0 Å². The zero-order chi connectivity index (χ0) is 13.0. The number of aliphatic hydroxyl groups excluding tert-OH is 1. The Balaban J connectivity index is 2.99. The van der Waals surface area contributed by atoms with Crippen molar-refractivity contribution in [1.29, 1.82) is 0 Å². The van der Waals surface area contributed by atoms with E-state index in [2.05, 4.69) is 15.9 Å². The Labute approximate surface area is 110 Å². The molecule has 0 aliphatic carbocycles. The number of benzene rings is 1. The molecule has 4 heteroatoms. The average Bonchev–Trinajstić information content (AvgIpc) is 2.28. The zero-order valence-corrected chi connectivity index (χ0v) is 11.9. The molecule has 0 amide bonds. The average molecular weight is 305 g/mol. The third-order valence-electron chi connectivity index (χ3n) is 2.60. The van der Waals surface area contributed by atoms with E-state index in [1.165, 1.54) is 6.07 Å². The van der Waals surface area contributed by atoms with E-state index >= 15 is 0 Å². The molecule has 2 unspecified atom stereocenters. The second-order valence-electron chi connectivity index (χ2n) is 4.27. The monoisotopic (exact) mass is 304 g/mol. The van der Waals surface area contributed by atoms with Crippen molar-refractivity contribution in [3.63, 3.8) is 0 Å². The summed E-state index contributed by atoms with van der Waals surface area (Å²) in [5, 5.41) is 10.2. The van der Waals surface area contributed by atoms with Crippen molar-refractivity contribution in [2.45, 2.75) is 33.0 Å². The van der Waals surface area contributed by atoms with Crippen molar-refractivity contribution < 1.29 is 14.2 Å². The Hall–Kier alpha value is -0.450. The number of halogens is 2. The van der Waals surface area contributed by atoms with Gasteiger partial charge in [-0.1, -0.05) is 29.8 Å². The maximum atomic E-state index is 13.6. The van der Waals surface area contributed by atoms with Gasteiger partial charge in [0.15, 0.2) is 0 Å². The van der Waals surface area contributed by atoms with Crippen molar-refractivity contribution >= 4 is 15.9 Å². The lowest BCUT2D eigenvalue weighted by Gasteiger charge is -2.26. The summed E-state index contributed by atoms with van der Waals surface area (Å²) in [5.74, 6) is -0.297. The molecule has 0 heterocycles. The Morgan fingerprint density at radius 2 is 2.06 bits per heavy atom. The largest absolute Gasteiger partial charge is 0.386 e. The predicted molar refractivity (Wildman–Crippen MR) is 69.3 cm³/mol. The fourth-order valence-electron chi connectivity index (χ4n) is 1.76. The molecule has 1 aromatic rings. The Kier molecular flexibility index (Phi) is 5.56. The number of aliphatic hydroxyl groups is 1. The van der Waals surface area contributed by atoms with Crippen molar-refractivity contribution in [3.05, 3.63) is 34.1 Å². The minimum atomic E-state index is -0.951. The first kappa shape index (κ1) is 14.6. The molecular formula is C13H18BrFO2. The topological polar surface area (TPSA) is 29.5 Å². The van der Waals surface area contributed by atoms with E-state index in [0.717, 1.165) is 4.47 Å². The van der Waals surface area contributed by atoms with Crippen LogP contribution in [0.3, 0.4) is 0 Å². The van der Waals surface area contributed by atoms with Gasteiger partial charge in [-0.05, 0) is 31.0 Å². The number of hydrogen-bond donors (Lipinski definition) is 1. The molecular weight excluding hydrogens is 287 g/mol. The molecule has 1 aromatic carbocycles. The van der Waals surface area contributed by atoms with Crippen LogP contribution in [0.5, 0.6) is 0 Å². The summed E-state index contributed by atoms with van der Waals surface area (Å²) in [7, 11) is 0. The molecule has 0 aliphatic heterocycles. The highest BCUT2D eigenvalue weighted by atomic mass is 79.9. The van der Waals surface area contributed by atoms with Crippen LogP contribution >= 0.6 is 15.9 Å². The van der Waals surface area contributed by atoms with Crippen molar-refractivity contribution in [2.75, 3.05) is 6.61 Å². The molecule has 0 spiro atoms. The number of rotatable bonds is 5. The molecule has 17 heavy (non-hydrogen) atoms. The lowest BCUT2D eigenvalue weighted by molar-refractivity contribution is -0.0597. The van der Waals surface area contributed by atoms with Crippen LogP contribution in [0.1, 0.15) is 32.4 Å². The summed E-state index contributed by atoms with van der Waals surface area (Å²) in [6.07, 6.45) is -1.35. The van der Waals surface area contributed by atoms with Gasteiger partial charge in [-0.2, -0.15) is 0 Å². The molecule has 0 radical (unpaired) electrons. The highest BCUT2D eigenvalue weighted by Gasteiger charge is 2.26. The summed E-state index contributed by atoms with van der Waals surface area (Å²) in [6.45, 7) is 6.24. The molecule has 0 aliphatic rings. The Morgan fingerprint density at radius 3 is 2.59 bits per heavy atom. The summed E-state index contributed by atoms with van der Waals surface area (Å²) in [5.41, 5.74) is 0.270. The van der Waals surface area contributed by atoms with E-state index in [0.29, 0.717) is 6.61 Å². The molecule has 2 nitrogen and oxygen atoms in total. The van der Waals surface area contributed by atoms with Gasteiger partial charge in [0.25, 0.3) is 0 Å². The normalized spacial score (nSPS) is 15.0. The summed E-state index contributed by atoms with van der Waals surface area (Å²) >= 11 is 3.27. The molecule has 96 valence electrons. The molecule has 0 bridgehead atoms. The van der Waals surface area contributed by atoms with E-state index in [1.54, 1.807) is 12.1 Å². The molecule has 2 atom stereocenters. The van der Waals surface area contributed by atoms with Crippen LogP contribution in [-0.2, 0) is 4.74 Å². The zero-order valence-electron chi connectivity index (χ0n) is 10.3. The predicted octanol–water partition coefficient (Wildman–Crippen LogP) is 3.68. The summed E-state index contributed by atoms with van der Waals surface area (Å²) in [6, 6.07) is 4.54. The van der Waals surface area contributed by atoms with Gasteiger partial charge >= 0.3 is 0 Å².